The number of nitrogens with one attached hydrogen (secondary N) is 1. The molecule has 104 valence electrons. The first-order valence-corrected chi connectivity index (χ1v) is 6.22. The van der Waals surface area contributed by atoms with E-state index in [2.05, 4.69) is 20.4 Å². The molecule has 0 bridgehead atoms. The van der Waals surface area contributed by atoms with Crippen LogP contribution >= 0.6 is 11.6 Å². The van der Waals surface area contributed by atoms with Gasteiger partial charge in [0.15, 0.2) is 11.6 Å². The minimum Gasteiger partial charge on any atom is -0.363 e. The van der Waals surface area contributed by atoms with Gasteiger partial charge in [0.1, 0.15) is 0 Å². The Morgan fingerprint density at radius 3 is 2.85 bits per heavy atom. The highest BCUT2D eigenvalue weighted by Gasteiger charge is 2.07. The molecule has 0 aliphatic carbocycles. The highest BCUT2D eigenvalue weighted by atomic mass is 35.5. The van der Waals surface area contributed by atoms with Gasteiger partial charge in [-0.25, -0.2) is 4.39 Å². The second-order valence-corrected chi connectivity index (χ2v) is 4.22. The maximum absolute atomic E-state index is 13.6. The van der Waals surface area contributed by atoms with E-state index in [0.717, 1.165) is 11.8 Å². The maximum Gasteiger partial charge on any atom is 0.347 e. The maximum atomic E-state index is 13.6. The van der Waals surface area contributed by atoms with E-state index in [1.54, 1.807) is 19.1 Å². The van der Waals surface area contributed by atoms with E-state index in [-0.39, 0.29) is 11.8 Å². The first-order valence-electron chi connectivity index (χ1n) is 5.85. The molecular weight excluding hydrogens is 283 g/mol. The molecule has 0 radical (unpaired) electrons. The predicted molar refractivity (Wildman–Crippen MR) is 75.6 cm³/mol. The molecule has 0 fully saturated rings. The van der Waals surface area contributed by atoms with Crippen LogP contribution in [-0.4, -0.2) is 16.2 Å². The van der Waals surface area contributed by atoms with Gasteiger partial charge < -0.3 is 10.2 Å². The third-order valence-electron chi connectivity index (χ3n) is 2.33. The van der Waals surface area contributed by atoms with Crippen molar-refractivity contribution in [3.8, 4) is 6.01 Å². The van der Waals surface area contributed by atoms with E-state index < -0.39 is 5.82 Å². The zero-order valence-electron chi connectivity index (χ0n) is 10.7. The Labute approximate surface area is 120 Å². The van der Waals surface area contributed by atoms with Gasteiger partial charge in [-0.2, -0.15) is 9.97 Å². The molecule has 1 heterocycles. The van der Waals surface area contributed by atoms with Gasteiger partial charge in [0.25, 0.3) is 0 Å². The predicted octanol–water partition coefficient (Wildman–Crippen LogP) is 3.27. The highest BCUT2D eigenvalue weighted by molar-refractivity contribution is 6.30. The summed E-state index contributed by atoms with van der Waals surface area (Å²) in [7, 11) is 0. The summed E-state index contributed by atoms with van der Waals surface area (Å²) in [4.78, 5) is 12.4. The molecule has 0 atom stereocenters. The summed E-state index contributed by atoms with van der Waals surface area (Å²) in [5, 5.41) is 7.04. The Kier molecular flexibility index (Phi) is 4.84. The topological polar surface area (TPSA) is 59.4 Å². The minimum absolute atomic E-state index is 0.0249. The van der Waals surface area contributed by atoms with Crippen molar-refractivity contribution < 1.29 is 9.23 Å². The summed E-state index contributed by atoms with van der Waals surface area (Å²) >= 11 is 5.79. The number of rotatable bonds is 5. The summed E-state index contributed by atoms with van der Waals surface area (Å²) < 4.78 is 13.6. The third kappa shape index (κ3) is 3.89. The van der Waals surface area contributed by atoms with Crippen LogP contribution in [0.3, 0.4) is 0 Å². The Balaban J connectivity index is 2.06. The van der Waals surface area contributed by atoms with Gasteiger partial charge in [-0.05, 0) is 24.6 Å². The Morgan fingerprint density at radius 1 is 1.40 bits per heavy atom. The van der Waals surface area contributed by atoms with Gasteiger partial charge in [0, 0.05) is 17.8 Å². The quantitative estimate of drug-likeness (QED) is 0.679. The van der Waals surface area contributed by atoms with Gasteiger partial charge in [0.2, 0.25) is 0 Å². The van der Waals surface area contributed by atoms with Crippen molar-refractivity contribution in [2.24, 2.45) is 5.16 Å². The van der Waals surface area contributed by atoms with Crippen molar-refractivity contribution >= 4 is 23.6 Å². The van der Waals surface area contributed by atoms with Gasteiger partial charge in [-0.3, -0.25) is 0 Å². The SMILES string of the molecule is CC=NOc1ncc(F)c(NCc2ccc(Cl)cc2)n1. The zero-order chi connectivity index (χ0) is 14.4. The molecule has 2 rings (SSSR count). The van der Waals surface area contributed by atoms with Crippen LogP contribution in [0.5, 0.6) is 6.01 Å². The van der Waals surface area contributed by atoms with Gasteiger partial charge in [0.05, 0.1) is 6.20 Å². The van der Waals surface area contributed by atoms with Crippen LogP contribution in [0.15, 0.2) is 35.6 Å². The van der Waals surface area contributed by atoms with Crippen molar-refractivity contribution in [3.05, 3.63) is 46.9 Å². The summed E-state index contributed by atoms with van der Waals surface area (Å²) in [5.41, 5.74) is 0.946. The average molecular weight is 295 g/mol. The molecule has 5 nitrogen and oxygen atoms in total. The fourth-order valence-electron chi connectivity index (χ4n) is 1.41. The van der Waals surface area contributed by atoms with Gasteiger partial charge in [-0.15, -0.1) is 0 Å². The van der Waals surface area contributed by atoms with Gasteiger partial charge >= 0.3 is 6.01 Å². The second-order valence-electron chi connectivity index (χ2n) is 3.78. The molecule has 1 aromatic heterocycles. The zero-order valence-corrected chi connectivity index (χ0v) is 11.4. The number of benzene rings is 1. The monoisotopic (exact) mass is 294 g/mol. The average Bonchev–Trinajstić information content (AvgIpc) is 2.46. The molecule has 7 heteroatoms. The Bertz CT molecular complexity index is 604. The number of anilines is 1. The van der Waals surface area contributed by atoms with Crippen LogP contribution < -0.4 is 10.2 Å². The van der Waals surface area contributed by atoms with E-state index >= 15 is 0 Å². The number of oxime groups is 1. The molecule has 0 saturated carbocycles. The molecule has 0 saturated heterocycles. The summed E-state index contributed by atoms with van der Waals surface area (Å²) in [6.45, 7) is 2.09. The number of hydrogen-bond acceptors (Lipinski definition) is 5. The molecule has 20 heavy (non-hydrogen) atoms. The van der Waals surface area contributed by atoms with E-state index in [4.69, 9.17) is 16.4 Å². The minimum atomic E-state index is -0.563. The van der Waals surface area contributed by atoms with Crippen LogP contribution in [-0.2, 0) is 6.54 Å². The molecule has 2 aromatic rings. The molecule has 1 aromatic carbocycles. The second kappa shape index (κ2) is 6.81. The van der Waals surface area contributed by atoms with Gasteiger partial charge in [-0.1, -0.05) is 28.9 Å². The van der Waals surface area contributed by atoms with Crippen molar-refractivity contribution in [1.29, 1.82) is 0 Å². The Morgan fingerprint density at radius 2 is 2.15 bits per heavy atom. The fraction of sp³-hybridized carbons (Fsp3) is 0.154. The number of halogens is 2. The van der Waals surface area contributed by atoms with Crippen molar-refractivity contribution in [1.82, 2.24) is 9.97 Å². The lowest BCUT2D eigenvalue weighted by Gasteiger charge is -2.07. The van der Waals surface area contributed by atoms with Crippen LogP contribution in [0.2, 0.25) is 5.02 Å². The lowest BCUT2D eigenvalue weighted by atomic mass is 10.2. The van der Waals surface area contributed by atoms with Crippen molar-refractivity contribution in [3.63, 3.8) is 0 Å². The summed E-state index contributed by atoms with van der Waals surface area (Å²) in [6, 6.07) is 7.18. The number of nitrogens with zero attached hydrogens (tertiary/aromatic N) is 3. The lowest BCUT2D eigenvalue weighted by molar-refractivity contribution is 0.313. The summed E-state index contributed by atoms with van der Waals surface area (Å²) in [6.07, 6.45) is 2.46. The molecule has 0 spiro atoms. The highest BCUT2D eigenvalue weighted by Crippen LogP contribution is 2.15. The molecule has 0 amide bonds. The smallest absolute Gasteiger partial charge is 0.347 e. The van der Waals surface area contributed by atoms with Crippen LogP contribution in [0.4, 0.5) is 10.2 Å². The third-order valence-corrected chi connectivity index (χ3v) is 2.59. The van der Waals surface area contributed by atoms with Crippen LogP contribution in [0, 0.1) is 5.82 Å². The molecule has 0 unspecified atom stereocenters. The van der Waals surface area contributed by atoms with E-state index in [9.17, 15) is 4.39 Å². The van der Waals surface area contributed by atoms with E-state index in [1.807, 2.05) is 12.1 Å². The molecule has 1 N–H and O–H groups in total. The van der Waals surface area contributed by atoms with Crippen LogP contribution in [0.25, 0.3) is 0 Å². The number of aromatic nitrogens is 2. The Hall–Kier alpha value is -2.21. The lowest BCUT2D eigenvalue weighted by Crippen LogP contribution is -2.05. The van der Waals surface area contributed by atoms with Crippen LogP contribution in [0.1, 0.15) is 12.5 Å². The first-order chi connectivity index (χ1) is 9.69. The summed E-state index contributed by atoms with van der Waals surface area (Å²) in [5.74, 6) is -0.511. The fourth-order valence-corrected chi connectivity index (χ4v) is 1.53. The van der Waals surface area contributed by atoms with Crippen molar-refractivity contribution in [2.75, 3.05) is 5.32 Å². The standard InChI is InChI=1S/C13H12ClFN4O/c1-2-18-20-13-17-8-11(15)12(19-13)16-7-9-3-5-10(14)6-4-9/h2-6,8H,7H2,1H3,(H,16,17,19). The molecular formula is C13H12ClFN4O. The molecule has 0 aliphatic rings. The van der Waals surface area contributed by atoms with E-state index in [0.29, 0.717) is 11.6 Å². The normalized spacial score (nSPS) is 10.8. The number of hydrogen-bond donors (Lipinski definition) is 1. The largest absolute Gasteiger partial charge is 0.363 e. The van der Waals surface area contributed by atoms with Crippen molar-refractivity contribution in [2.45, 2.75) is 13.5 Å². The first kappa shape index (κ1) is 14.2. The molecule has 0 aliphatic heterocycles. The van der Waals surface area contributed by atoms with E-state index in [1.165, 1.54) is 6.21 Å².